The van der Waals surface area contributed by atoms with Crippen molar-refractivity contribution in [2.24, 2.45) is 11.1 Å². The lowest BCUT2D eigenvalue weighted by atomic mass is 10.2. The number of aliphatic hydroxyl groups is 2. The van der Waals surface area contributed by atoms with Gasteiger partial charge in [0.25, 0.3) is 0 Å². The van der Waals surface area contributed by atoms with Crippen LogP contribution in [0.15, 0.2) is 5.18 Å². The third-order valence-corrected chi connectivity index (χ3v) is 2.13. The lowest BCUT2D eigenvalue weighted by Gasteiger charge is -2.05. The maximum absolute atomic E-state index is 9.95. The van der Waals surface area contributed by atoms with E-state index in [4.69, 9.17) is 5.11 Å². The molecule has 0 aromatic heterocycles. The summed E-state index contributed by atoms with van der Waals surface area (Å²) >= 11 is 0. The van der Waals surface area contributed by atoms with Crippen molar-refractivity contribution in [2.45, 2.75) is 25.0 Å². The first-order chi connectivity index (χ1) is 4.64. The first-order valence-electron chi connectivity index (χ1n) is 3.30. The summed E-state index contributed by atoms with van der Waals surface area (Å²) in [4.78, 5) is 9.95. The van der Waals surface area contributed by atoms with Gasteiger partial charge in [0.05, 0.1) is 18.2 Å². The van der Waals surface area contributed by atoms with Crippen molar-refractivity contribution in [3.63, 3.8) is 0 Å². The van der Waals surface area contributed by atoms with Crippen molar-refractivity contribution < 1.29 is 10.2 Å². The van der Waals surface area contributed by atoms with E-state index in [9.17, 15) is 10.0 Å². The molecule has 0 amide bonds. The van der Waals surface area contributed by atoms with Gasteiger partial charge in [0.2, 0.25) is 0 Å². The van der Waals surface area contributed by atoms with Crippen LogP contribution >= 0.6 is 0 Å². The molecular formula is C6H11NO3. The highest BCUT2D eigenvalue weighted by molar-refractivity contribution is 5.07. The summed E-state index contributed by atoms with van der Waals surface area (Å²) in [5.74, 6) is -0.130. The monoisotopic (exact) mass is 145 g/mol. The predicted molar refractivity (Wildman–Crippen MR) is 35.4 cm³/mol. The van der Waals surface area contributed by atoms with Gasteiger partial charge in [-0.25, -0.2) is 0 Å². The van der Waals surface area contributed by atoms with Gasteiger partial charge in [-0.05, 0) is 13.3 Å². The molecular weight excluding hydrogens is 134 g/mol. The lowest BCUT2D eigenvalue weighted by molar-refractivity contribution is 0.0567. The number of nitrogens with zero attached hydrogens (tertiary/aromatic N) is 1. The zero-order valence-corrected chi connectivity index (χ0v) is 5.82. The Kier molecular flexibility index (Phi) is 1.74. The van der Waals surface area contributed by atoms with Crippen LogP contribution in [0.1, 0.15) is 13.3 Å². The van der Waals surface area contributed by atoms with Gasteiger partial charge in [0.15, 0.2) is 0 Å². The fourth-order valence-electron chi connectivity index (χ4n) is 1.20. The quantitative estimate of drug-likeness (QED) is 0.544. The second-order valence-electron chi connectivity index (χ2n) is 2.92. The summed E-state index contributed by atoms with van der Waals surface area (Å²) in [7, 11) is 0. The number of rotatable bonds is 3. The zero-order chi connectivity index (χ0) is 7.78. The molecule has 0 saturated heterocycles. The molecule has 3 atom stereocenters. The molecule has 0 heterocycles. The van der Waals surface area contributed by atoms with Crippen LogP contribution in [0.3, 0.4) is 0 Å². The number of nitroso groups, excluding NO2 is 1. The van der Waals surface area contributed by atoms with Gasteiger partial charge in [-0.2, -0.15) is 4.91 Å². The largest absolute Gasteiger partial charge is 0.393 e. The third-order valence-electron chi connectivity index (χ3n) is 2.13. The molecule has 0 bridgehead atoms. The van der Waals surface area contributed by atoms with Gasteiger partial charge in [-0.15, -0.1) is 0 Å². The van der Waals surface area contributed by atoms with Crippen LogP contribution in [0.4, 0.5) is 0 Å². The average Bonchev–Trinajstić information content (AvgIpc) is 2.62. The second-order valence-corrected chi connectivity index (χ2v) is 2.92. The maximum atomic E-state index is 9.95. The maximum Gasteiger partial charge on any atom is 0.0949 e. The Labute approximate surface area is 58.8 Å². The normalized spacial score (nSPS) is 40.9. The van der Waals surface area contributed by atoms with E-state index in [1.54, 1.807) is 6.92 Å². The third kappa shape index (κ3) is 1.04. The van der Waals surface area contributed by atoms with E-state index in [1.165, 1.54) is 0 Å². The van der Waals surface area contributed by atoms with Crippen LogP contribution in [-0.4, -0.2) is 28.5 Å². The highest BCUT2D eigenvalue weighted by Crippen LogP contribution is 2.46. The molecule has 3 unspecified atom stereocenters. The van der Waals surface area contributed by atoms with Gasteiger partial charge in [0, 0.05) is 5.92 Å². The Balaban J connectivity index is 2.43. The van der Waals surface area contributed by atoms with Gasteiger partial charge < -0.3 is 10.2 Å². The minimum Gasteiger partial charge on any atom is -0.393 e. The van der Waals surface area contributed by atoms with Crippen LogP contribution in [0.5, 0.6) is 0 Å². The van der Waals surface area contributed by atoms with Crippen LogP contribution < -0.4 is 0 Å². The molecule has 0 aromatic rings. The van der Waals surface area contributed by atoms with Gasteiger partial charge in [0.1, 0.15) is 0 Å². The van der Waals surface area contributed by atoms with E-state index in [0.717, 1.165) is 0 Å². The molecule has 2 N–H and O–H groups in total. The first kappa shape index (κ1) is 7.63. The van der Waals surface area contributed by atoms with E-state index in [2.05, 4.69) is 5.18 Å². The molecule has 4 heteroatoms. The van der Waals surface area contributed by atoms with Crippen molar-refractivity contribution in [1.82, 2.24) is 0 Å². The fraction of sp³-hybridized carbons (Fsp3) is 1.00. The molecule has 0 aromatic carbocycles. The van der Waals surface area contributed by atoms with E-state index in [1.807, 2.05) is 0 Å². The topological polar surface area (TPSA) is 69.9 Å². The van der Waals surface area contributed by atoms with Crippen molar-refractivity contribution in [2.75, 3.05) is 6.61 Å². The van der Waals surface area contributed by atoms with Gasteiger partial charge in [-0.3, -0.25) is 0 Å². The minimum atomic E-state index is -1.01. The zero-order valence-electron chi connectivity index (χ0n) is 5.82. The highest BCUT2D eigenvalue weighted by Gasteiger charge is 2.55. The van der Waals surface area contributed by atoms with Crippen LogP contribution in [0, 0.1) is 10.8 Å². The highest BCUT2D eigenvalue weighted by atomic mass is 16.3. The summed E-state index contributed by atoms with van der Waals surface area (Å²) in [6, 6.07) is -0.378. The fourth-order valence-corrected chi connectivity index (χ4v) is 1.20. The lowest BCUT2D eigenvalue weighted by Crippen LogP contribution is -2.20. The molecule has 1 aliphatic carbocycles. The van der Waals surface area contributed by atoms with E-state index in [0.29, 0.717) is 6.42 Å². The molecule has 4 nitrogen and oxygen atoms in total. The van der Waals surface area contributed by atoms with Crippen LogP contribution in [0.2, 0.25) is 0 Å². The number of hydrogen-bond acceptors (Lipinski definition) is 4. The SMILES string of the molecule is CC(N=O)C1CC1(O)CO. The van der Waals surface area contributed by atoms with Crippen molar-refractivity contribution >= 4 is 0 Å². The molecule has 0 spiro atoms. The smallest absolute Gasteiger partial charge is 0.0949 e. The van der Waals surface area contributed by atoms with Crippen LogP contribution in [-0.2, 0) is 0 Å². The van der Waals surface area contributed by atoms with E-state index < -0.39 is 5.60 Å². The first-order valence-corrected chi connectivity index (χ1v) is 3.30. The number of aliphatic hydroxyl groups excluding tert-OH is 1. The van der Waals surface area contributed by atoms with Crippen molar-refractivity contribution in [1.29, 1.82) is 0 Å². The molecule has 1 saturated carbocycles. The second kappa shape index (κ2) is 2.29. The van der Waals surface area contributed by atoms with Gasteiger partial charge >= 0.3 is 0 Å². The summed E-state index contributed by atoms with van der Waals surface area (Å²) in [6.45, 7) is 1.38. The summed E-state index contributed by atoms with van der Waals surface area (Å²) in [5.41, 5.74) is -1.01. The van der Waals surface area contributed by atoms with E-state index in [-0.39, 0.29) is 18.6 Å². The Bertz CT molecular complexity index is 150. The molecule has 1 rings (SSSR count). The summed E-state index contributed by atoms with van der Waals surface area (Å²) in [5, 5.41) is 20.6. The Morgan fingerprint density at radius 1 is 1.90 bits per heavy atom. The van der Waals surface area contributed by atoms with E-state index >= 15 is 0 Å². The average molecular weight is 145 g/mol. The molecule has 1 fully saturated rings. The summed E-state index contributed by atoms with van der Waals surface area (Å²) in [6.07, 6.45) is 0.496. The number of hydrogen-bond donors (Lipinski definition) is 2. The standard InChI is InChI=1S/C6H11NO3/c1-4(7-10)5-2-6(5,9)3-8/h4-5,8-9H,2-3H2,1H3. The molecule has 10 heavy (non-hydrogen) atoms. The van der Waals surface area contributed by atoms with Crippen molar-refractivity contribution in [3.8, 4) is 0 Å². The summed E-state index contributed by atoms with van der Waals surface area (Å²) < 4.78 is 0. The van der Waals surface area contributed by atoms with Crippen LogP contribution in [0.25, 0.3) is 0 Å². The molecule has 1 aliphatic rings. The molecule has 0 aliphatic heterocycles. The van der Waals surface area contributed by atoms with Crippen molar-refractivity contribution in [3.05, 3.63) is 4.91 Å². The molecule has 58 valence electrons. The Hall–Kier alpha value is -0.480. The minimum absolute atomic E-state index is 0.130. The van der Waals surface area contributed by atoms with Gasteiger partial charge in [-0.1, -0.05) is 5.18 Å². The Morgan fingerprint density at radius 3 is 2.80 bits per heavy atom. The Morgan fingerprint density at radius 2 is 2.50 bits per heavy atom. The predicted octanol–water partition coefficient (Wildman–Crippen LogP) is -0.115. The molecule has 0 radical (unpaired) electrons.